The van der Waals surface area contributed by atoms with Crippen LogP contribution < -0.4 is 15.4 Å². The van der Waals surface area contributed by atoms with Gasteiger partial charge in [-0.15, -0.1) is 0 Å². The number of nitrogens with one attached hydrogen (secondary N) is 2. The third kappa shape index (κ3) is 5.61. The Kier molecular flexibility index (Phi) is 6.67. The molecule has 0 unspecified atom stereocenters. The SMILES string of the molecule is CCOc1ccc(CNc2cccc(C(=O)NCC(C)C)c2)cc1. The summed E-state index contributed by atoms with van der Waals surface area (Å²) < 4.78 is 5.44. The number of rotatable bonds is 8. The van der Waals surface area contributed by atoms with Crippen LogP contribution in [0.15, 0.2) is 48.5 Å². The zero-order chi connectivity index (χ0) is 17.4. The molecule has 24 heavy (non-hydrogen) atoms. The minimum Gasteiger partial charge on any atom is -0.494 e. The second-order valence-electron chi connectivity index (χ2n) is 6.12. The third-order valence-corrected chi connectivity index (χ3v) is 3.53. The van der Waals surface area contributed by atoms with Gasteiger partial charge in [-0.2, -0.15) is 0 Å². The molecule has 1 amide bonds. The van der Waals surface area contributed by atoms with E-state index in [0.717, 1.165) is 17.0 Å². The van der Waals surface area contributed by atoms with Gasteiger partial charge >= 0.3 is 0 Å². The fraction of sp³-hybridized carbons (Fsp3) is 0.350. The number of amides is 1. The van der Waals surface area contributed by atoms with Gasteiger partial charge in [0.05, 0.1) is 6.61 Å². The molecule has 2 aromatic rings. The van der Waals surface area contributed by atoms with E-state index in [4.69, 9.17) is 4.74 Å². The molecule has 4 heteroatoms. The lowest BCUT2D eigenvalue weighted by Crippen LogP contribution is -2.27. The van der Waals surface area contributed by atoms with E-state index in [1.807, 2.05) is 55.5 Å². The largest absolute Gasteiger partial charge is 0.494 e. The summed E-state index contributed by atoms with van der Waals surface area (Å²) in [5.41, 5.74) is 2.77. The maximum Gasteiger partial charge on any atom is 0.251 e. The van der Waals surface area contributed by atoms with Crippen LogP contribution in [-0.2, 0) is 6.54 Å². The summed E-state index contributed by atoms with van der Waals surface area (Å²) in [6.07, 6.45) is 0. The van der Waals surface area contributed by atoms with E-state index in [1.165, 1.54) is 0 Å². The van der Waals surface area contributed by atoms with Gasteiger partial charge in [-0.3, -0.25) is 4.79 Å². The van der Waals surface area contributed by atoms with Crippen LogP contribution in [0, 0.1) is 5.92 Å². The van der Waals surface area contributed by atoms with Gasteiger partial charge in [-0.1, -0.05) is 32.0 Å². The summed E-state index contributed by atoms with van der Waals surface area (Å²) >= 11 is 0. The van der Waals surface area contributed by atoms with Crippen molar-refractivity contribution in [2.75, 3.05) is 18.5 Å². The van der Waals surface area contributed by atoms with Crippen molar-refractivity contribution in [2.24, 2.45) is 5.92 Å². The van der Waals surface area contributed by atoms with E-state index in [1.54, 1.807) is 0 Å². The first kappa shape index (κ1) is 17.9. The lowest BCUT2D eigenvalue weighted by molar-refractivity contribution is 0.0949. The van der Waals surface area contributed by atoms with Crippen LogP contribution in [0.25, 0.3) is 0 Å². The zero-order valence-electron chi connectivity index (χ0n) is 14.6. The van der Waals surface area contributed by atoms with Gasteiger partial charge in [0.2, 0.25) is 0 Å². The predicted octanol–water partition coefficient (Wildman–Crippen LogP) is 4.08. The number of anilines is 1. The molecule has 0 saturated heterocycles. The van der Waals surface area contributed by atoms with Crippen molar-refractivity contribution in [1.82, 2.24) is 5.32 Å². The monoisotopic (exact) mass is 326 g/mol. The number of ether oxygens (including phenoxy) is 1. The Bertz CT molecular complexity index is 651. The van der Waals surface area contributed by atoms with Crippen LogP contribution in [0.1, 0.15) is 36.7 Å². The second kappa shape index (κ2) is 8.96. The first-order chi connectivity index (χ1) is 11.6. The highest BCUT2D eigenvalue weighted by Gasteiger charge is 2.06. The van der Waals surface area contributed by atoms with Crippen LogP contribution in [0.2, 0.25) is 0 Å². The average Bonchev–Trinajstić information content (AvgIpc) is 2.59. The van der Waals surface area contributed by atoms with Crippen LogP contribution in [0.4, 0.5) is 5.69 Å². The highest BCUT2D eigenvalue weighted by molar-refractivity contribution is 5.95. The molecule has 4 nitrogen and oxygen atoms in total. The summed E-state index contributed by atoms with van der Waals surface area (Å²) in [5, 5.41) is 6.29. The molecule has 0 atom stereocenters. The second-order valence-corrected chi connectivity index (χ2v) is 6.12. The third-order valence-electron chi connectivity index (χ3n) is 3.53. The maximum atomic E-state index is 12.1. The molecule has 0 heterocycles. The van der Waals surface area contributed by atoms with Crippen LogP contribution >= 0.6 is 0 Å². The predicted molar refractivity (Wildman–Crippen MR) is 98.6 cm³/mol. The van der Waals surface area contributed by atoms with Crippen LogP contribution in [-0.4, -0.2) is 19.1 Å². The Morgan fingerprint density at radius 3 is 2.54 bits per heavy atom. The molecule has 0 aliphatic rings. The smallest absolute Gasteiger partial charge is 0.251 e. The average molecular weight is 326 g/mol. The Labute approximate surface area is 144 Å². The Morgan fingerprint density at radius 1 is 1.12 bits per heavy atom. The quantitative estimate of drug-likeness (QED) is 0.768. The molecule has 0 spiro atoms. The molecule has 0 aliphatic heterocycles. The molecule has 0 bridgehead atoms. The summed E-state index contributed by atoms with van der Waals surface area (Å²) in [7, 11) is 0. The number of benzene rings is 2. The molecule has 128 valence electrons. The fourth-order valence-corrected chi connectivity index (χ4v) is 2.24. The molecular weight excluding hydrogens is 300 g/mol. The number of hydrogen-bond donors (Lipinski definition) is 2. The topological polar surface area (TPSA) is 50.4 Å². The molecule has 0 saturated carbocycles. The van der Waals surface area contributed by atoms with Crippen molar-refractivity contribution >= 4 is 11.6 Å². The number of carbonyl (C=O) groups excluding carboxylic acids is 1. The molecule has 0 aliphatic carbocycles. The minimum atomic E-state index is -0.0339. The molecule has 2 rings (SSSR count). The normalized spacial score (nSPS) is 10.5. The van der Waals surface area contributed by atoms with Gasteiger partial charge in [0, 0.05) is 24.3 Å². The van der Waals surface area contributed by atoms with E-state index >= 15 is 0 Å². The Morgan fingerprint density at radius 2 is 1.88 bits per heavy atom. The molecule has 0 radical (unpaired) electrons. The van der Waals surface area contributed by atoms with Gasteiger partial charge < -0.3 is 15.4 Å². The summed E-state index contributed by atoms with van der Waals surface area (Å²) in [4.78, 5) is 12.1. The molecule has 2 aromatic carbocycles. The van der Waals surface area contributed by atoms with Crippen molar-refractivity contribution in [3.05, 3.63) is 59.7 Å². The highest BCUT2D eigenvalue weighted by atomic mass is 16.5. The van der Waals surface area contributed by atoms with Crippen molar-refractivity contribution in [3.63, 3.8) is 0 Å². The highest BCUT2D eigenvalue weighted by Crippen LogP contribution is 2.15. The van der Waals surface area contributed by atoms with E-state index in [2.05, 4.69) is 24.5 Å². The van der Waals surface area contributed by atoms with Gasteiger partial charge in [0.25, 0.3) is 5.91 Å². The van der Waals surface area contributed by atoms with Gasteiger partial charge in [-0.05, 0) is 48.7 Å². The van der Waals surface area contributed by atoms with Crippen molar-refractivity contribution < 1.29 is 9.53 Å². The molecule has 2 N–H and O–H groups in total. The van der Waals surface area contributed by atoms with Crippen molar-refractivity contribution in [3.8, 4) is 5.75 Å². The van der Waals surface area contributed by atoms with Gasteiger partial charge in [0.1, 0.15) is 5.75 Å². The fourth-order valence-electron chi connectivity index (χ4n) is 2.24. The van der Waals surface area contributed by atoms with E-state index in [-0.39, 0.29) is 5.91 Å². The number of hydrogen-bond acceptors (Lipinski definition) is 3. The lowest BCUT2D eigenvalue weighted by Gasteiger charge is -2.11. The van der Waals surface area contributed by atoms with E-state index < -0.39 is 0 Å². The molecular formula is C20H26N2O2. The van der Waals surface area contributed by atoms with Crippen molar-refractivity contribution in [1.29, 1.82) is 0 Å². The first-order valence-electron chi connectivity index (χ1n) is 8.42. The van der Waals surface area contributed by atoms with Gasteiger partial charge in [-0.25, -0.2) is 0 Å². The molecule has 0 aromatic heterocycles. The van der Waals surface area contributed by atoms with E-state index in [0.29, 0.717) is 31.2 Å². The molecule has 0 fully saturated rings. The number of carbonyl (C=O) groups is 1. The maximum absolute atomic E-state index is 12.1. The van der Waals surface area contributed by atoms with Crippen LogP contribution in [0.5, 0.6) is 5.75 Å². The first-order valence-corrected chi connectivity index (χ1v) is 8.42. The van der Waals surface area contributed by atoms with Crippen molar-refractivity contribution in [2.45, 2.75) is 27.3 Å². The lowest BCUT2D eigenvalue weighted by atomic mass is 10.1. The Balaban J connectivity index is 1.93. The Hall–Kier alpha value is -2.49. The summed E-state index contributed by atoms with van der Waals surface area (Å²) in [6.45, 7) is 8.18. The standard InChI is InChI=1S/C20H26N2O2/c1-4-24-19-10-8-16(9-11-19)14-21-18-7-5-6-17(12-18)20(23)22-13-15(2)3/h5-12,15,21H,4,13-14H2,1-3H3,(H,22,23). The summed E-state index contributed by atoms with van der Waals surface area (Å²) in [6, 6.07) is 15.6. The van der Waals surface area contributed by atoms with Crippen LogP contribution in [0.3, 0.4) is 0 Å². The van der Waals surface area contributed by atoms with Gasteiger partial charge in [0.15, 0.2) is 0 Å². The van der Waals surface area contributed by atoms with E-state index in [9.17, 15) is 4.79 Å². The minimum absolute atomic E-state index is 0.0339. The zero-order valence-corrected chi connectivity index (χ0v) is 14.6. The summed E-state index contributed by atoms with van der Waals surface area (Å²) in [5.74, 6) is 1.29.